The first kappa shape index (κ1) is 13.6. The highest BCUT2D eigenvalue weighted by molar-refractivity contribution is 9.10. The quantitative estimate of drug-likeness (QED) is 0.679. The molecule has 1 heterocycles. The molecule has 1 aromatic carbocycles. The van der Waals surface area contributed by atoms with Gasteiger partial charge in [0.15, 0.2) is 0 Å². The van der Waals surface area contributed by atoms with Crippen molar-refractivity contribution in [2.75, 3.05) is 0 Å². The molecular formula is C13H12BrN3O2. The lowest BCUT2D eigenvalue weighted by atomic mass is 10.2. The molecule has 2 rings (SSSR count). The van der Waals surface area contributed by atoms with E-state index < -0.39 is 4.92 Å². The second-order valence-electron chi connectivity index (χ2n) is 4.04. The van der Waals surface area contributed by atoms with E-state index in [0.29, 0.717) is 17.6 Å². The zero-order chi connectivity index (χ0) is 13.7. The number of nitro benzene ring substituents is 1. The Morgan fingerprint density at radius 1 is 1.26 bits per heavy atom. The van der Waals surface area contributed by atoms with Gasteiger partial charge in [0, 0.05) is 42.1 Å². The Balaban J connectivity index is 1.98. The molecule has 6 heteroatoms. The summed E-state index contributed by atoms with van der Waals surface area (Å²) in [5, 5.41) is 14.0. The molecule has 0 bridgehead atoms. The molecule has 1 aromatic heterocycles. The Morgan fingerprint density at radius 2 is 2.05 bits per heavy atom. The lowest BCUT2D eigenvalue weighted by molar-refractivity contribution is -0.385. The highest BCUT2D eigenvalue weighted by Gasteiger charge is 2.08. The summed E-state index contributed by atoms with van der Waals surface area (Å²) in [6.07, 6.45) is 3.51. The molecule has 0 unspecified atom stereocenters. The lowest BCUT2D eigenvalue weighted by Gasteiger charge is -2.05. The first-order chi connectivity index (χ1) is 9.15. The number of rotatable bonds is 5. The third kappa shape index (κ3) is 4.11. The van der Waals surface area contributed by atoms with Gasteiger partial charge in [0.25, 0.3) is 5.69 Å². The second kappa shape index (κ2) is 6.40. The van der Waals surface area contributed by atoms with E-state index in [-0.39, 0.29) is 5.69 Å². The Kier molecular flexibility index (Phi) is 4.59. The number of nitrogens with one attached hydrogen (secondary N) is 1. The number of aromatic nitrogens is 1. The smallest absolute Gasteiger partial charge is 0.270 e. The first-order valence-electron chi connectivity index (χ1n) is 5.68. The van der Waals surface area contributed by atoms with Crippen LogP contribution in [0.5, 0.6) is 0 Å². The van der Waals surface area contributed by atoms with Crippen molar-refractivity contribution in [2.24, 2.45) is 0 Å². The first-order valence-corrected chi connectivity index (χ1v) is 6.48. The number of hydrogen-bond donors (Lipinski definition) is 1. The van der Waals surface area contributed by atoms with Crippen LogP contribution >= 0.6 is 15.9 Å². The molecule has 0 aliphatic heterocycles. The van der Waals surface area contributed by atoms with Crippen LogP contribution in [-0.4, -0.2) is 9.91 Å². The molecule has 0 aliphatic rings. The standard InChI is InChI=1S/C13H12BrN3O2/c14-12-4-11(5-13(6-12)17(18)19)9-16-8-10-2-1-3-15-7-10/h1-7,16H,8-9H2. The van der Waals surface area contributed by atoms with E-state index in [4.69, 9.17) is 0 Å². The fourth-order valence-electron chi connectivity index (χ4n) is 1.69. The van der Waals surface area contributed by atoms with Crippen LogP contribution in [0.15, 0.2) is 47.2 Å². The summed E-state index contributed by atoms with van der Waals surface area (Å²) in [7, 11) is 0. The monoisotopic (exact) mass is 321 g/mol. The van der Waals surface area contributed by atoms with Gasteiger partial charge in [0.05, 0.1) is 4.92 Å². The number of nitro groups is 1. The minimum atomic E-state index is -0.393. The van der Waals surface area contributed by atoms with E-state index in [2.05, 4.69) is 26.2 Å². The normalized spacial score (nSPS) is 10.4. The largest absolute Gasteiger partial charge is 0.309 e. The van der Waals surface area contributed by atoms with Gasteiger partial charge in [0.2, 0.25) is 0 Å². The van der Waals surface area contributed by atoms with Crippen LogP contribution in [0.4, 0.5) is 5.69 Å². The molecule has 2 aromatic rings. The summed E-state index contributed by atoms with van der Waals surface area (Å²) in [4.78, 5) is 14.4. The van der Waals surface area contributed by atoms with Gasteiger partial charge in [-0.25, -0.2) is 0 Å². The van der Waals surface area contributed by atoms with Gasteiger partial charge in [-0.15, -0.1) is 0 Å². The number of halogens is 1. The molecule has 0 saturated carbocycles. The fourth-order valence-corrected chi connectivity index (χ4v) is 2.22. The Morgan fingerprint density at radius 3 is 2.74 bits per heavy atom. The van der Waals surface area contributed by atoms with Gasteiger partial charge in [-0.05, 0) is 23.3 Å². The molecule has 0 fully saturated rings. The summed E-state index contributed by atoms with van der Waals surface area (Å²) in [6, 6.07) is 8.78. The highest BCUT2D eigenvalue weighted by atomic mass is 79.9. The van der Waals surface area contributed by atoms with Crippen LogP contribution in [0.25, 0.3) is 0 Å². The number of nitrogens with zero attached hydrogens (tertiary/aromatic N) is 2. The van der Waals surface area contributed by atoms with Gasteiger partial charge in [-0.3, -0.25) is 15.1 Å². The van der Waals surface area contributed by atoms with Crippen LogP contribution in [0.3, 0.4) is 0 Å². The van der Waals surface area contributed by atoms with Crippen molar-refractivity contribution < 1.29 is 4.92 Å². The summed E-state index contributed by atoms with van der Waals surface area (Å²) >= 11 is 3.28. The average Bonchev–Trinajstić information content (AvgIpc) is 2.39. The predicted molar refractivity (Wildman–Crippen MR) is 75.6 cm³/mol. The fraction of sp³-hybridized carbons (Fsp3) is 0.154. The number of pyridine rings is 1. The summed E-state index contributed by atoms with van der Waals surface area (Å²) in [5.74, 6) is 0. The molecular weight excluding hydrogens is 310 g/mol. The summed E-state index contributed by atoms with van der Waals surface area (Å²) in [6.45, 7) is 1.24. The molecule has 0 atom stereocenters. The minimum absolute atomic E-state index is 0.0903. The van der Waals surface area contributed by atoms with E-state index in [1.54, 1.807) is 18.5 Å². The van der Waals surface area contributed by atoms with Crippen molar-refractivity contribution in [1.82, 2.24) is 10.3 Å². The predicted octanol–water partition coefficient (Wildman–Crippen LogP) is 3.04. The van der Waals surface area contributed by atoms with Crippen LogP contribution in [0.2, 0.25) is 0 Å². The molecule has 0 spiro atoms. The topological polar surface area (TPSA) is 68.1 Å². The van der Waals surface area contributed by atoms with Crippen LogP contribution in [0, 0.1) is 10.1 Å². The van der Waals surface area contributed by atoms with Gasteiger partial charge in [-0.2, -0.15) is 0 Å². The maximum Gasteiger partial charge on any atom is 0.270 e. The van der Waals surface area contributed by atoms with Gasteiger partial charge >= 0.3 is 0 Å². The summed E-state index contributed by atoms with van der Waals surface area (Å²) in [5.41, 5.74) is 2.03. The number of hydrogen-bond acceptors (Lipinski definition) is 4. The maximum absolute atomic E-state index is 10.8. The van der Waals surface area contributed by atoms with Gasteiger partial charge in [0.1, 0.15) is 0 Å². The second-order valence-corrected chi connectivity index (χ2v) is 4.96. The van der Waals surface area contributed by atoms with E-state index in [0.717, 1.165) is 11.1 Å². The highest BCUT2D eigenvalue weighted by Crippen LogP contribution is 2.21. The van der Waals surface area contributed by atoms with E-state index in [9.17, 15) is 10.1 Å². The minimum Gasteiger partial charge on any atom is -0.309 e. The average molecular weight is 322 g/mol. The molecule has 5 nitrogen and oxygen atoms in total. The van der Waals surface area contributed by atoms with Gasteiger partial charge in [-0.1, -0.05) is 22.0 Å². The molecule has 0 radical (unpaired) electrons. The van der Waals surface area contributed by atoms with E-state index in [1.165, 1.54) is 6.07 Å². The molecule has 98 valence electrons. The molecule has 0 aliphatic carbocycles. The lowest BCUT2D eigenvalue weighted by Crippen LogP contribution is -2.12. The molecule has 0 amide bonds. The summed E-state index contributed by atoms with van der Waals surface area (Å²) < 4.78 is 0.708. The third-order valence-corrected chi connectivity index (χ3v) is 2.99. The van der Waals surface area contributed by atoms with Crippen molar-refractivity contribution in [3.05, 3.63) is 68.4 Å². The zero-order valence-electron chi connectivity index (χ0n) is 10.0. The number of benzene rings is 1. The van der Waals surface area contributed by atoms with Crippen LogP contribution in [-0.2, 0) is 13.1 Å². The number of non-ortho nitro benzene ring substituents is 1. The Labute approximate surface area is 119 Å². The molecule has 19 heavy (non-hydrogen) atoms. The zero-order valence-corrected chi connectivity index (χ0v) is 11.6. The molecule has 1 N–H and O–H groups in total. The third-order valence-electron chi connectivity index (χ3n) is 2.53. The van der Waals surface area contributed by atoms with Gasteiger partial charge < -0.3 is 5.32 Å². The SMILES string of the molecule is O=[N+]([O-])c1cc(Br)cc(CNCc2cccnc2)c1. The van der Waals surface area contributed by atoms with E-state index in [1.807, 2.05) is 18.2 Å². The van der Waals surface area contributed by atoms with Crippen molar-refractivity contribution in [3.8, 4) is 0 Å². The van der Waals surface area contributed by atoms with Crippen molar-refractivity contribution in [2.45, 2.75) is 13.1 Å². The van der Waals surface area contributed by atoms with Crippen molar-refractivity contribution >= 4 is 21.6 Å². The maximum atomic E-state index is 10.8. The van der Waals surface area contributed by atoms with Crippen LogP contribution in [0.1, 0.15) is 11.1 Å². The molecule has 0 saturated heterocycles. The Bertz CT molecular complexity index is 575. The van der Waals surface area contributed by atoms with Crippen molar-refractivity contribution in [1.29, 1.82) is 0 Å². The van der Waals surface area contributed by atoms with E-state index >= 15 is 0 Å². The van der Waals surface area contributed by atoms with Crippen molar-refractivity contribution in [3.63, 3.8) is 0 Å². The van der Waals surface area contributed by atoms with Crippen LogP contribution < -0.4 is 5.32 Å². The Hall–Kier alpha value is -1.79.